The first-order chi connectivity index (χ1) is 19.5. The standard InChI is InChI=1S/C27H17F4N5O5/c1-40-19-6-8-20(9-7-19)41-21-11-17(10-18(12-21)36(38)39)32-26(37)23-14-25-33-22(15-2-4-16(28)5-3-15)13-24(27(29,30)31)35(25)34-23/h2-14H,1H3,(H,32,37). The van der Waals surface area contributed by atoms with Gasteiger partial charge in [-0.05, 0) is 54.6 Å². The zero-order valence-corrected chi connectivity index (χ0v) is 20.8. The summed E-state index contributed by atoms with van der Waals surface area (Å²) in [6.45, 7) is 0. The minimum Gasteiger partial charge on any atom is -0.497 e. The Morgan fingerprint density at radius 3 is 2.27 bits per heavy atom. The van der Waals surface area contributed by atoms with Crippen LogP contribution in [0, 0.1) is 15.9 Å². The highest BCUT2D eigenvalue weighted by molar-refractivity contribution is 6.03. The number of nitro groups is 1. The number of ether oxygens (including phenoxy) is 2. The Balaban J connectivity index is 1.48. The van der Waals surface area contributed by atoms with Gasteiger partial charge >= 0.3 is 6.18 Å². The largest absolute Gasteiger partial charge is 0.497 e. The fourth-order valence-electron chi connectivity index (χ4n) is 3.85. The van der Waals surface area contributed by atoms with Crippen molar-refractivity contribution in [2.24, 2.45) is 0 Å². The van der Waals surface area contributed by atoms with Crippen LogP contribution < -0.4 is 14.8 Å². The van der Waals surface area contributed by atoms with E-state index in [4.69, 9.17) is 9.47 Å². The number of non-ortho nitro benzene ring substituents is 1. The molecule has 1 amide bonds. The first-order valence-corrected chi connectivity index (χ1v) is 11.7. The molecular formula is C27H17F4N5O5. The Morgan fingerprint density at radius 2 is 1.63 bits per heavy atom. The smallest absolute Gasteiger partial charge is 0.433 e. The molecule has 2 heterocycles. The quantitative estimate of drug-likeness (QED) is 0.135. The molecule has 0 saturated carbocycles. The molecule has 0 saturated heterocycles. The van der Waals surface area contributed by atoms with E-state index in [1.165, 1.54) is 25.3 Å². The Morgan fingerprint density at radius 1 is 0.951 bits per heavy atom. The fraction of sp³-hybridized carbons (Fsp3) is 0.0741. The predicted octanol–water partition coefficient (Wildman–Crippen LogP) is 6.52. The lowest BCUT2D eigenvalue weighted by molar-refractivity contribution is -0.384. The maximum atomic E-state index is 13.9. The lowest BCUT2D eigenvalue weighted by Crippen LogP contribution is -2.16. The number of fused-ring (bicyclic) bond motifs is 1. The number of aromatic nitrogens is 3. The second-order valence-corrected chi connectivity index (χ2v) is 8.54. The highest BCUT2D eigenvalue weighted by Crippen LogP contribution is 2.33. The number of amides is 1. The zero-order valence-electron chi connectivity index (χ0n) is 20.8. The van der Waals surface area contributed by atoms with Crippen LogP contribution in [-0.2, 0) is 6.18 Å². The minimum atomic E-state index is -4.87. The number of carbonyl (C=O) groups excluding carboxylic acids is 1. The fourth-order valence-corrected chi connectivity index (χ4v) is 3.85. The highest BCUT2D eigenvalue weighted by Gasteiger charge is 2.35. The van der Waals surface area contributed by atoms with Gasteiger partial charge < -0.3 is 14.8 Å². The molecule has 3 aromatic carbocycles. The number of nitrogens with zero attached hydrogens (tertiary/aromatic N) is 4. The lowest BCUT2D eigenvalue weighted by atomic mass is 10.1. The van der Waals surface area contributed by atoms with Gasteiger partial charge in [0.05, 0.1) is 29.5 Å². The molecule has 0 aliphatic rings. The SMILES string of the molecule is COc1ccc(Oc2cc(NC(=O)c3cc4nc(-c5ccc(F)cc5)cc(C(F)(F)F)n4n3)cc([N+](=O)[O-])c2)cc1. The van der Waals surface area contributed by atoms with Crippen molar-refractivity contribution in [1.29, 1.82) is 0 Å². The number of alkyl halides is 3. The molecule has 0 unspecified atom stereocenters. The number of benzene rings is 3. The number of hydrogen-bond donors (Lipinski definition) is 1. The maximum Gasteiger partial charge on any atom is 0.433 e. The number of hydrogen-bond acceptors (Lipinski definition) is 7. The average Bonchev–Trinajstić information content (AvgIpc) is 3.37. The molecule has 0 bridgehead atoms. The van der Waals surface area contributed by atoms with Crippen LogP contribution in [-0.4, -0.2) is 32.5 Å². The summed E-state index contributed by atoms with van der Waals surface area (Å²) in [7, 11) is 1.49. The van der Waals surface area contributed by atoms with Crippen LogP contribution in [0.4, 0.5) is 28.9 Å². The van der Waals surface area contributed by atoms with Crippen LogP contribution in [0.2, 0.25) is 0 Å². The molecule has 5 rings (SSSR count). The van der Waals surface area contributed by atoms with Crippen molar-refractivity contribution in [1.82, 2.24) is 14.6 Å². The molecule has 41 heavy (non-hydrogen) atoms. The van der Waals surface area contributed by atoms with Gasteiger partial charge in [0.25, 0.3) is 11.6 Å². The monoisotopic (exact) mass is 567 g/mol. The van der Waals surface area contributed by atoms with Crippen LogP contribution in [0.1, 0.15) is 16.2 Å². The Hall–Kier alpha value is -5.53. The average molecular weight is 567 g/mol. The van der Waals surface area contributed by atoms with Gasteiger partial charge in [0.15, 0.2) is 17.0 Å². The molecule has 0 fully saturated rings. The molecule has 5 aromatic rings. The summed E-state index contributed by atoms with van der Waals surface area (Å²) in [5.74, 6) is -0.633. The molecular weight excluding hydrogens is 550 g/mol. The number of methoxy groups -OCH3 is 1. The summed E-state index contributed by atoms with van der Waals surface area (Å²) in [4.78, 5) is 27.9. The Bertz CT molecular complexity index is 1770. The molecule has 2 aromatic heterocycles. The van der Waals surface area contributed by atoms with Gasteiger partial charge in [-0.25, -0.2) is 13.9 Å². The van der Waals surface area contributed by atoms with Gasteiger partial charge in [-0.1, -0.05) is 0 Å². The van der Waals surface area contributed by atoms with E-state index in [-0.39, 0.29) is 28.3 Å². The summed E-state index contributed by atoms with van der Waals surface area (Å²) < 4.78 is 66.2. The number of anilines is 1. The Labute approximate surface area is 227 Å². The van der Waals surface area contributed by atoms with E-state index in [2.05, 4.69) is 15.4 Å². The van der Waals surface area contributed by atoms with E-state index < -0.39 is 39.9 Å². The van der Waals surface area contributed by atoms with Gasteiger partial charge in [-0.15, -0.1) is 0 Å². The van der Waals surface area contributed by atoms with E-state index in [1.807, 2.05) is 0 Å². The number of nitro benzene ring substituents is 1. The van der Waals surface area contributed by atoms with Crippen LogP contribution in [0.25, 0.3) is 16.9 Å². The third kappa shape index (κ3) is 5.90. The molecule has 0 radical (unpaired) electrons. The van der Waals surface area contributed by atoms with E-state index in [1.54, 1.807) is 24.3 Å². The topological polar surface area (TPSA) is 121 Å². The van der Waals surface area contributed by atoms with Crippen molar-refractivity contribution < 1.29 is 36.8 Å². The molecule has 0 aliphatic heterocycles. The molecule has 0 atom stereocenters. The first kappa shape index (κ1) is 27.1. The van der Waals surface area contributed by atoms with Crippen molar-refractivity contribution in [3.05, 3.63) is 106 Å². The van der Waals surface area contributed by atoms with Crippen molar-refractivity contribution in [3.8, 4) is 28.5 Å². The molecule has 208 valence electrons. The zero-order chi connectivity index (χ0) is 29.3. The summed E-state index contributed by atoms with van der Waals surface area (Å²) in [5, 5.41) is 17.7. The van der Waals surface area contributed by atoms with Gasteiger partial charge in [-0.2, -0.15) is 18.3 Å². The first-order valence-electron chi connectivity index (χ1n) is 11.7. The predicted molar refractivity (Wildman–Crippen MR) is 138 cm³/mol. The second kappa shape index (κ2) is 10.6. The molecule has 0 spiro atoms. The number of halogens is 4. The van der Waals surface area contributed by atoms with E-state index in [0.717, 1.165) is 36.4 Å². The summed E-state index contributed by atoms with van der Waals surface area (Å²) >= 11 is 0. The van der Waals surface area contributed by atoms with Crippen LogP contribution >= 0.6 is 0 Å². The van der Waals surface area contributed by atoms with Crippen LogP contribution in [0.3, 0.4) is 0 Å². The second-order valence-electron chi connectivity index (χ2n) is 8.54. The van der Waals surface area contributed by atoms with E-state index in [0.29, 0.717) is 16.0 Å². The van der Waals surface area contributed by atoms with Crippen molar-refractivity contribution in [2.45, 2.75) is 6.18 Å². The van der Waals surface area contributed by atoms with Gasteiger partial charge in [-0.3, -0.25) is 14.9 Å². The number of rotatable bonds is 7. The van der Waals surface area contributed by atoms with Crippen molar-refractivity contribution in [2.75, 3.05) is 12.4 Å². The third-order valence-electron chi connectivity index (χ3n) is 5.75. The number of nitrogens with one attached hydrogen (secondary N) is 1. The van der Waals surface area contributed by atoms with Crippen LogP contribution in [0.5, 0.6) is 17.2 Å². The van der Waals surface area contributed by atoms with E-state index in [9.17, 15) is 32.5 Å². The minimum absolute atomic E-state index is 0.0135. The molecule has 0 aliphatic carbocycles. The maximum absolute atomic E-state index is 13.9. The summed E-state index contributed by atoms with van der Waals surface area (Å²) in [5.41, 5.74) is -2.34. The molecule has 10 nitrogen and oxygen atoms in total. The van der Waals surface area contributed by atoms with Gasteiger partial charge in [0.2, 0.25) is 0 Å². The van der Waals surface area contributed by atoms with Gasteiger partial charge in [0.1, 0.15) is 23.1 Å². The lowest BCUT2D eigenvalue weighted by Gasteiger charge is -2.11. The molecule has 14 heteroatoms. The van der Waals surface area contributed by atoms with Crippen LogP contribution in [0.15, 0.2) is 78.9 Å². The summed E-state index contributed by atoms with van der Waals surface area (Å²) in [6.07, 6.45) is -4.87. The van der Waals surface area contributed by atoms with Crippen molar-refractivity contribution >= 4 is 22.9 Å². The Kier molecular flexibility index (Phi) is 6.97. The highest BCUT2D eigenvalue weighted by atomic mass is 19.4. The number of carbonyl (C=O) groups is 1. The molecule has 1 N–H and O–H groups in total. The third-order valence-corrected chi connectivity index (χ3v) is 5.75. The van der Waals surface area contributed by atoms with E-state index >= 15 is 0 Å². The summed E-state index contributed by atoms with van der Waals surface area (Å²) in [6, 6.07) is 16.3. The van der Waals surface area contributed by atoms with Crippen molar-refractivity contribution in [3.63, 3.8) is 0 Å². The normalized spacial score (nSPS) is 11.3. The van der Waals surface area contributed by atoms with Gasteiger partial charge in [0, 0.05) is 23.8 Å².